The predicted octanol–water partition coefficient (Wildman–Crippen LogP) is 6.05. The van der Waals surface area contributed by atoms with Crippen molar-refractivity contribution in [3.63, 3.8) is 0 Å². The summed E-state index contributed by atoms with van der Waals surface area (Å²) in [4.78, 5) is 0. The molecule has 3 radical (unpaired) electrons. The van der Waals surface area contributed by atoms with Crippen LogP contribution >= 0.6 is 9.90 Å². The Kier molecular flexibility index (Phi) is 13.5. The molecule has 0 spiro atoms. The third kappa shape index (κ3) is 10.8. The Morgan fingerprint density at radius 2 is 0.600 bits per heavy atom. The largest absolute Gasteiger partial charge is 0.388 e. The topological polar surface area (TPSA) is 36.1 Å². The molecule has 3 aromatic carbocycles. The van der Waals surface area contributed by atoms with E-state index in [2.05, 4.69) is 16.0 Å². The van der Waals surface area contributed by atoms with Crippen LogP contribution in [0.4, 0.5) is 17.1 Å². The lowest BCUT2D eigenvalue weighted by atomic mass is 10.3. The lowest BCUT2D eigenvalue weighted by molar-refractivity contribution is 1.51. The van der Waals surface area contributed by atoms with Crippen molar-refractivity contribution in [2.24, 2.45) is 0 Å². The summed E-state index contributed by atoms with van der Waals surface area (Å²) in [6, 6.07) is 30.2. The summed E-state index contributed by atoms with van der Waals surface area (Å²) in [7, 11) is 5.74. The number of benzene rings is 3. The number of hydrogen-bond donors (Lipinski definition) is 3. The van der Waals surface area contributed by atoms with Crippen molar-refractivity contribution in [3.05, 3.63) is 91.0 Å². The molecule has 25 heavy (non-hydrogen) atoms. The van der Waals surface area contributed by atoms with E-state index in [0.717, 1.165) is 17.1 Å². The molecule has 3 nitrogen and oxygen atoms in total. The third-order valence-corrected chi connectivity index (χ3v) is 3.19. The minimum Gasteiger partial charge on any atom is -0.388 e. The van der Waals surface area contributed by atoms with Gasteiger partial charge in [0, 0.05) is 48.1 Å². The molecule has 0 aliphatic heterocycles. The van der Waals surface area contributed by atoms with E-state index in [4.69, 9.17) is 0 Å². The summed E-state index contributed by atoms with van der Waals surface area (Å²) in [5.41, 5.74) is 3.48. The van der Waals surface area contributed by atoms with Crippen LogP contribution in [-0.4, -0.2) is 21.1 Å². The van der Waals surface area contributed by atoms with Gasteiger partial charge < -0.3 is 16.0 Å². The van der Waals surface area contributed by atoms with E-state index in [1.165, 1.54) is 0 Å². The second kappa shape index (κ2) is 15.0. The molecule has 4 heteroatoms. The molecule has 3 aromatic rings. The second-order valence-corrected chi connectivity index (χ2v) is 4.85. The highest BCUT2D eigenvalue weighted by molar-refractivity contribution is 6.92. The van der Waals surface area contributed by atoms with E-state index in [0.29, 0.717) is 0 Å². The highest BCUT2D eigenvalue weighted by Gasteiger charge is 1.79. The van der Waals surface area contributed by atoms with Crippen LogP contribution in [0.5, 0.6) is 0 Å². The Hall–Kier alpha value is -2.51. The average Bonchev–Trinajstić information content (AvgIpc) is 2.71. The number of rotatable bonds is 3. The highest BCUT2D eigenvalue weighted by atomic mass is 31.0. The molecule has 0 atom stereocenters. The van der Waals surface area contributed by atoms with Gasteiger partial charge in [-0.15, -0.1) is 0 Å². The maximum absolute atomic E-state index is 3.03. The van der Waals surface area contributed by atoms with Gasteiger partial charge in [0.2, 0.25) is 0 Å². The smallest absolute Gasteiger partial charge is 0.0337 e. The fourth-order valence-corrected chi connectivity index (χ4v) is 1.81. The number of hydrogen-bond acceptors (Lipinski definition) is 3. The Morgan fingerprint density at radius 3 is 0.720 bits per heavy atom. The zero-order valence-corrected chi connectivity index (χ0v) is 16.0. The van der Waals surface area contributed by atoms with Gasteiger partial charge >= 0.3 is 0 Å². The summed E-state index contributed by atoms with van der Waals surface area (Å²) in [5, 5.41) is 9.08. The van der Waals surface area contributed by atoms with Crippen molar-refractivity contribution < 1.29 is 0 Å². The SMILES string of the molecule is CNc1ccccc1.CNc1ccccc1.CNc1ccccc1.[P]. The number of anilines is 3. The molecule has 0 heterocycles. The molecule has 0 fully saturated rings. The van der Waals surface area contributed by atoms with Gasteiger partial charge in [-0.05, 0) is 36.4 Å². The summed E-state index contributed by atoms with van der Waals surface area (Å²) in [6.45, 7) is 0. The van der Waals surface area contributed by atoms with E-state index in [1.54, 1.807) is 0 Å². The summed E-state index contributed by atoms with van der Waals surface area (Å²) in [6.07, 6.45) is 0. The first-order valence-electron chi connectivity index (χ1n) is 7.98. The standard InChI is InChI=1S/3C7H9N.P/c3*1-8-7-5-3-2-4-6-7;/h3*2-6,8H,1H3;. The molecule has 131 valence electrons. The summed E-state index contributed by atoms with van der Waals surface area (Å²) < 4.78 is 0. The van der Waals surface area contributed by atoms with Gasteiger partial charge in [0.1, 0.15) is 0 Å². The first-order valence-corrected chi connectivity index (χ1v) is 7.98. The summed E-state index contributed by atoms with van der Waals surface area (Å²) >= 11 is 0. The van der Waals surface area contributed by atoms with Crippen LogP contribution < -0.4 is 16.0 Å². The molecular formula is C21H27N3P. The monoisotopic (exact) mass is 352 g/mol. The maximum atomic E-state index is 3.03. The van der Waals surface area contributed by atoms with E-state index in [9.17, 15) is 0 Å². The van der Waals surface area contributed by atoms with Crippen molar-refractivity contribution in [2.75, 3.05) is 37.1 Å². The van der Waals surface area contributed by atoms with Crippen molar-refractivity contribution in [1.29, 1.82) is 0 Å². The Morgan fingerprint density at radius 1 is 0.400 bits per heavy atom. The van der Waals surface area contributed by atoms with Gasteiger partial charge in [-0.3, -0.25) is 0 Å². The highest BCUT2D eigenvalue weighted by Crippen LogP contribution is 2.02. The van der Waals surface area contributed by atoms with Crippen LogP contribution in [0, 0.1) is 0 Å². The van der Waals surface area contributed by atoms with Crippen molar-refractivity contribution >= 4 is 27.0 Å². The summed E-state index contributed by atoms with van der Waals surface area (Å²) in [5.74, 6) is 0. The van der Waals surface area contributed by atoms with Gasteiger partial charge in [0.25, 0.3) is 0 Å². The molecule has 0 unspecified atom stereocenters. The van der Waals surface area contributed by atoms with Crippen LogP contribution in [0.3, 0.4) is 0 Å². The zero-order valence-electron chi connectivity index (χ0n) is 15.1. The molecule has 0 saturated heterocycles. The molecule has 0 saturated carbocycles. The van der Waals surface area contributed by atoms with Gasteiger partial charge in [-0.25, -0.2) is 0 Å². The second-order valence-electron chi connectivity index (χ2n) is 4.85. The van der Waals surface area contributed by atoms with Crippen molar-refractivity contribution in [2.45, 2.75) is 0 Å². The quantitative estimate of drug-likeness (QED) is 0.503. The number of nitrogens with one attached hydrogen (secondary N) is 3. The zero-order chi connectivity index (χ0) is 17.5. The lowest BCUT2D eigenvalue weighted by Gasteiger charge is -1.94. The molecule has 0 bridgehead atoms. The first kappa shape index (κ1) is 22.5. The van der Waals surface area contributed by atoms with Crippen LogP contribution in [0.2, 0.25) is 0 Å². The Labute approximate surface area is 155 Å². The lowest BCUT2D eigenvalue weighted by Crippen LogP contribution is -1.84. The van der Waals surface area contributed by atoms with Crippen LogP contribution in [0.1, 0.15) is 0 Å². The van der Waals surface area contributed by atoms with E-state index in [-0.39, 0.29) is 9.90 Å². The molecule has 0 aromatic heterocycles. The molecule has 3 N–H and O–H groups in total. The first-order chi connectivity index (χ1) is 11.8. The van der Waals surface area contributed by atoms with Gasteiger partial charge in [0.05, 0.1) is 0 Å². The third-order valence-electron chi connectivity index (χ3n) is 3.19. The predicted molar refractivity (Wildman–Crippen MR) is 115 cm³/mol. The van der Waals surface area contributed by atoms with Crippen molar-refractivity contribution in [1.82, 2.24) is 0 Å². The average molecular weight is 352 g/mol. The van der Waals surface area contributed by atoms with E-state index in [1.807, 2.05) is 112 Å². The van der Waals surface area contributed by atoms with E-state index < -0.39 is 0 Å². The normalized spacial score (nSPS) is 8.28. The molecule has 0 aliphatic carbocycles. The Balaban J connectivity index is 0.000000339. The van der Waals surface area contributed by atoms with E-state index >= 15 is 0 Å². The minimum absolute atomic E-state index is 0. The Bertz CT molecular complexity index is 537. The fraction of sp³-hybridized carbons (Fsp3) is 0.143. The molecule has 0 aliphatic rings. The van der Waals surface area contributed by atoms with Crippen LogP contribution in [-0.2, 0) is 0 Å². The number of para-hydroxylation sites is 3. The minimum atomic E-state index is 0. The fourth-order valence-electron chi connectivity index (χ4n) is 1.81. The van der Waals surface area contributed by atoms with Crippen LogP contribution in [0.25, 0.3) is 0 Å². The molecular weight excluding hydrogens is 325 g/mol. The molecule has 3 rings (SSSR count). The van der Waals surface area contributed by atoms with Gasteiger partial charge in [-0.2, -0.15) is 0 Å². The van der Waals surface area contributed by atoms with Crippen LogP contribution in [0.15, 0.2) is 91.0 Å². The maximum Gasteiger partial charge on any atom is 0.0337 e. The molecule has 0 amide bonds. The van der Waals surface area contributed by atoms with Gasteiger partial charge in [-0.1, -0.05) is 54.6 Å². The van der Waals surface area contributed by atoms with Crippen molar-refractivity contribution in [3.8, 4) is 0 Å². The van der Waals surface area contributed by atoms with Gasteiger partial charge in [0.15, 0.2) is 0 Å².